The topological polar surface area (TPSA) is 80.4 Å². The Labute approximate surface area is 70.9 Å². The van der Waals surface area contributed by atoms with Crippen LogP contribution in [0.15, 0.2) is 0 Å². The van der Waals surface area contributed by atoms with Crippen LogP contribution in [0.2, 0.25) is 0 Å². The first-order valence-electron chi connectivity index (χ1n) is 2.36. The van der Waals surface area contributed by atoms with Gasteiger partial charge in [0.15, 0.2) is 6.04 Å². The molecule has 0 saturated carbocycles. The summed E-state index contributed by atoms with van der Waals surface area (Å²) in [6.45, 7) is 0. The molecule has 0 aromatic carbocycles. The van der Waals surface area contributed by atoms with Crippen LogP contribution in [0.25, 0.3) is 0 Å². The van der Waals surface area contributed by atoms with Gasteiger partial charge >= 0.3 is 12.1 Å². The molecule has 0 aromatic heterocycles. The Morgan fingerprint density at radius 3 is 1.75 bits per heavy atom. The molecule has 8 heteroatoms. The van der Waals surface area contributed by atoms with Crippen molar-refractivity contribution in [2.45, 2.75) is 12.2 Å². The maximum absolute atomic E-state index is 11.4. The summed E-state index contributed by atoms with van der Waals surface area (Å²) >= 11 is 0. The lowest BCUT2D eigenvalue weighted by Crippen LogP contribution is -2.45. The lowest BCUT2D eigenvalue weighted by Gasteiger charge is -2.07. The first-order valence-corrected chi connectivity index (χ1v) is 2.36. The fourth-order valence-corrected chi connectivity index (χ4v) is 0.288. The van der Waals surface area contributed by atoms with Crippen LogP contribution in [-0.2, 0) is 9.59 Å². The van der Waals surface area contributed by atoms with Gasteiger partial charge in [0.2, 0.25) is 0 Å². The molecule has 12 heavy (non-hydrogen) atoms. The molecule has 0 radical (unpaired) electrons. The van der Waals surface area contributed by atoms with E-state index in [0.717, 1.165) is 0 Å². The molecule has 3 N–H and O–H groups in total. The summed E-state index contributed by atoms with van der Waals surface area (Å²) in [4.78, 5) is 19.7. The van der Waals surface area contributed by atoms with E-state index in [1.165, 1.54) is 0 Å². The zero-order valence-electron chi connectivity index (χ0n) is 5.46. The minimum atomic E-state index is -5.18. The molecule has 0 bridgehead atoms. The van der Waals surface area contributed by atoms with E-state index in [-0.39, 0.29) is 12.4 Å². The van der Waals surface area contributed by atoms with E-state index >= 15 is 0 Å². The zero-order chi connectivity index (χ0) is 9.23. The third-order valence-corrected chi connectivity index (χ3v) is 0.828. The number of carbonyl (C=O) groups is 2. The van der Waals surface area contributed by atoms with Gasteiger partial charge in [-0.15, -0.1) is 12.4 Å². The molecule has 1 atom stereocenters. The number of hydrogen-bond donors (Lipinski definition) is 2. The largest absolute Gasteiger partial charge is 0.480 e. The van der Waals surface area contributed by atoms with Crippen molar-refractivity contribution in [3.63, 3.8) is 0 Å². The molecule has 0 aromatic rings. The van der Waals surface area contributed by atoms with Gasteiger partial charge in [-0.2, -0.15) is 13.2 Å². The normalized spacial score (nSPS) is 13.0. The Hall–Kier alpha value is -0.820. The summed E-state index contributed by atoms with van der Waals surface area (Å²) in [6, 6.07) is -2.52. The summed E-state index contributed by atoms with van der Waals surface area (Å²) < 4.78 is 34.1. The van der Waals surface area contributed by atoms with E-state index in [1.54, 1.807) is 0 Å². The van der Waals surface area contributed by atoms with E-state index in [9.17, 15) is 22.8 Å². The number of nitrogens with two attached hydrogens (primary N) is 1. The van der Waals surface area contributed by atoms with Gasteiger partial charge in [0.05, 0.1) is 0 Å². The number of Topliss-reactive ketones (excluding diaryl/α,β-unsaturated/α-hetero) is 1. The second kappa shape index (κ2) is 4.27. The first kappa shape index (κ1) is 13.7. The van der Waals surface area contributed by atoms with Gasteiger partial charge in [0, 0.05) is 0 Å². The zero-order valence-corrected chi connectivity index (χ0v) is 6.28. The number of alkyl halides is 3. The molecule has 0 heterocycles. The van der Waals surface area contributed by atoms with Gasteiger partial charge in [0.1, 0.15) is 0 Å². The van der Waals surface area contributed by atoms with Crippen LogP contribution in [0, 0.1) is 0 Å². The molecular weight excluding hydrogens is 202 g/mol. The summed E-state index contributed by atoms with van der Waals surface area (Å²) in [7, 11) is 0. The lowest BCUT2D eigenvalue weighted by molar-refractivity contribution is -0.175. The molecule has 1 unspecified atom stereocenters. The Balaban J connectivity index is 0. The molecule has 0 aliphatic carbocycles. The van der Waals surface area contributed by atoms with Crippen LogP contribution in [-0.4, -0.2) is 29.1 Å². The van der Waals surface area contributed by atoms with Crippen LogP contribution >= 0.6 is 12.4 Å². The van der Waals surface area contributed by atoms with E-state index in [0.29, 0.717) is 0 Å². The molecular formula is C4H5ClF3NO3. The van der Waals surface area contributed by atoms with E-state index in [2.05, 4.69) is 5.73 Å². The molecule has 4 nitrogen and oxygen atoms in total. The highest BCUT2D eigenvalue weighted by atomic mass is 35.5. The van der Waals surface area contributed by atoms with Crippen molar-refractivity contribution in [1.29, 1.82) is 0 Å². The summed E-state index contributed by atoms with van der Waals surface area (Å²) in [6.07, 6.45) is -5.18. The van der Waals surface area contributed by atoms with Crippen molar-refractivity contribution in [3.8, 4) is 0 Å². The SMILES string of the molecule is Cl.NC(C(=O)O)C(=O)C(F)(F)F. The van der Waals surface area contributed by atoms with Crippen molar-refractivity contribution < 1.29 is 27.9 Å². The van der Waals surface area contributed by atoms with Crippen LogP contribution in [0.5, 0.6) is 0 Å². The monoisotopic (exact) mass is 207 g/mol. The lowest BCUT2D eigenvalue weighted by atomic mass is 10.2. The minimum absolute atomic E-state index is 0. The minimum Gasteiger partial charge on any atom is -0.480 e. The fourth-order valence-electron chi connectivity index (χ4n) is 0.288. The van der Waals surface area contributed by atoms with Gasteiger partial charge < -0.3 is 10.8 Å². The predicted octanol–water partition coefficient (Wildman–Crippen LogP) is -0.0485. The highest BCUT2D eigenvalue weighted by molar-refractivity contribution is 6.04. The van der Waals surface area contributed by atoms with E-state index in [4.69, 9.17) is 5.11 Å². The Morgan fingerprint density at radius 2 is 1.67 bits per heavy atom. The van der Waals surface area contributed by atoms with E-state index in [1.807, 2.05) is 0 Å². The van der Waals surface area contributed by atoms with Crippen molar-refractivity contribution in [2.75, 3.05) is 0 Å². The summed E-state index contributed by atoms with van der Waals surface area (Å²) in [5.74, 6) is -4.45. The number of carbonyl (C=O) groups excluding carboxylic acids is 1. The van der Waals surface area contributed by atoms with Crippen molar-refractivity contribution in [2.24, 2.45) is 5.73 Å². The molecule has 0 amide bonds. The van der Waals surface area contributed by atoms with Crippen LogP contribution < -0.4 is 5.73 Å². The van der Waals surface area contributed by atoms with Crippen LogP contribution in [0.3, 0.4) is 0 Å². The standard InChI is InChI=1S/C4H4F3NO3.ClH/c5-4(6,7)2(9)1(8)3(10)11;/h1H,8H2,(H,10,11);1H. The Morgan fingerprint density at radius 1 is 1.33 bits per heavy atom. The quantitative estimate of drug-likeness (QED) is 0.622. The van der Waals surface area contributed by atoms with Crippen molar-refractivity contribution >= 4 is 24.2 Å². The first-order chi connectivity index (χ1) is 4.76. The third-order valence-electron chi connectivity index (χ3n) is 0.828. The number of carboxylic acids is 1. The van der Waals surface area contributed by atoms with Gasteiger partial charge in [0.25, 0.3) is 5.78 Å². The summed E-state index contributed by atoms with van der Waals surface area (Å²) in [5.41, 5.74) is 4.38. The number of halogens is 4. The second-order valence-electron chi connectivity index (χ2n) is 1.68. The number of carboxylic acid groups (broad SMARTS) is 1. The number of rotatable bonds is 2. The molecule has 0 spiro atoms. The number of hydrogen-bond acceptors (Lipinski definition) is 3. The van der Waals surface area contributed by atoms with Gasteiger partial charge in [-0.1, -0.05) is 0 Å². The van der Waals surface area contributed by atoms with Gasteiger partial charge in [-0.3, -0.25) is 9.59 Å². The second-order valence-corrected chi connectivity index (χ2v) is 1.68. The molecule has 0 aliphatic heterocycles. The Kier molecular flexibility index (Phi) is 4.89. The molecule has 0 rings (SSSR count). The number of aliphatic carboxylic acids is 1. The van der Waals surface area contributed by atoms with Gasteiger partial charge in [-0.05, 0) is 0 Å². The smallest absolute Gasteiger partial charge is 0.452 e. The fraction of sp³-hybridized carbons (Fsp3) is 0.500. The molecule has 0 aliphatic rings. The Bertz CT molecular complexity index is 192. The van der Waals surface area contributed by atoms with Crippen molar-refractivity contribution in [3.05, 3.63) is 0 Å². The molecule has 0 saturated heterocycles. The molecule has 0 fully saturated rings. The third kappa shape index (κ3) is 3.54. The highest BCUT2D eigenvalue weighted by Gasteiger charge is 2.44. The average molecular weight is 208 g/mol. The highest BCUT2D eigenvalue weighted by Crippen LogP contribution is 2.17. The van der Waals surface area contributed by atoms with Gasteiger partial charge in [-0.25, -0.2) is 0 Å². The maximum Gasteiger partial charge on any atom is 0.452 e. The van der Waals surface area contributed by atoms with E-state index < -0.39 is 24.0 Å². The number of ketones is 1. The maximum atomic E-state index is 11.4. The van der Waals surface area contributed by atoms with Crippen molar-refractivity contribution in [1.82, 2.24) is 0 Å². The summed E-state index contributed by atoms with van der Waals surface area (Å²) in [5, 5.41) is 7.87. The molecule has 72 valence electrons. The predicted molar refractivity (Wildman–Crippen MR) is 33.9 cm³/mol. The van der Waals surface area contributed by atoms with Crippen LogP contribution in [0.4, 0.5) is 13.2 Å². The van der Waals surface area contributed by atoms with Crippen LogP contribution in [0.1, 0.15) is 0 Å². The average Bonchev–Trinajstić information content (AvgIpc) is 1.82.